The van der Waals surface area contributed by atoms with Crippen LogP contribution in [-0.2, 0) is 28.6 Å². The Labute approximate surface area is 488 Å². The minimum atomic E-state index is -0.797. The molecule has 1 atom stereocenters. The fourth-order valence-electron chi connectivity index (χ4n) is 8.98. The molecule has 0 saturated carbocycles. The topological polar surface area (TPSA) is 78.9 Å². The van der Waals surface area contributed by atoms with E-state index in [1.54, 1.807) is 0 Å². The predicted octanol–water partition coefficient (Wildman–Crippen LogP) is 22.8. The standard InChI is InChI=1S/C73H122O6/c1-4-7-10-13-16-19-22-25-28-31-32-33-34-35-36-37-38-39-40-41-42-43-46-48-51-54-57-60-63-66-72(75)78-69-70(79-73(76)67-64-61-58-55-52-49-45-30-27-24-21-18-15-12-9-6-3)68-77-71(74)65-62-59-56-53-50-47-44-29-26-23-20-17-14-11-8-5-2/h7,10,16,19-21,23-25,28-30,32-33,35-36,38-39,44-45,70H,4-6,8-9,11-15,17-18,22,26-27,31,34,37,40-43,46-69H2,1-3H3/b10-7-,19-16-,23-20-,24-21-,28-25-,33-32-,36-35-,39-38-,44-29-,45-30-. The zero-order valence-electron chi connectivity index (χ0n) is 51.6. The molecule has 0 N–H and O–H groups in total. The number of ether oxygens (including phenoxy) is 3. The monoisotopic (exact) mass is 1090 g/mol. The summed E-state index contributed by atoms with van der Waals surface area (Å²) in [6.07, 6.45) is 92.0. The van der Waals surface area contributed by atoms with Crippen molar-refractivity contribution in [2.24, 2.45) is 0 Å². The van der Waals surface area contributed by atoms with Crippen molar-refractivity contribution in [3.63, 3.8) is 0 Å². The Hall–Kier alpha value is -4.19. The summed E-state index contributed by atoms with van der Waals surface area (Å²) >= 11 is 0. The molecule has 0 aromatic heterocycles. The second-order valence-electron chi connectivity index (χ2n) is 21.6. The molecule has 450 valence electrons. The van der Waals surface area contributed by atoms with Gasteiger partial charge in [0.2, 0.25) is 0 Å². The summed E-state index contributed by atoms with van der Waals surface area (Å²) in [6, 6.07) is 0. The predicted molar refractivity (Wildman–Crippen MR) is 343 cm³/mol. The van der Waals surface area contributed by atoms with Crippen molar-refractivity contribution >= 4 is 17.9 Å². The van der Waals surface area contributed by atoms with E-state index in [9.17, 15) is 14.4 Å². The molecule has 6 nitrogen and oxygen atoms in total. The smallest absolute Gasteiger partial charge is 0.306 e. The lowest BCUT2D eigenvalue weighted by molar-refractivity contribution is -0.167. The van der Waals surface area contributed by atoms with E-state index in [0.29, 0.717) is 19.3 Å². The summed E-state index contributed by atoms with van der Waals surface area (Å²) in [4.78, 5) is 38.3. The Balaban J connectivity index is 4.35. The molecule has 0 spiro atoms. The Morgan fingerprint density at radius 2 is 0.494 bits per heavy atom. The molecule has 0 aromatic carbocycles. The van der Waals surface area contributed by atoms with Crippen molar-refractivity contribution in [3.05, 3.63) is 122 Å². The Morgan fingerprint density at radius 3 is 0.772 bits per heavy atom. The summed E-state index contributed by atoms with van der Waals surface area (Å²) in [6.45, 7) is 6.48. The van der Waals surface area contributed by atoms with E-state index < -0.39 is 6.10 Å². The third kappa shape index (κ3) is 64.5. The minimum absolute atomic E-state index is 0.0920. The number of hydrogen-bond acceptors (Lipinski definition) is 6. The normalized spacial score (nSPS) is 12.9. The number of allylic oxidation sites excluding steroid dienone is 20. The number of carbonyl (C=O) groups excluding carboxylic acids is 3. The number of rotatable bonds is 59. The highest BCUT2D eigenvalue weighted by molar-refractivity contribution is 5.71. The van der Waals surface area contributed by atoms with Crippen molar-refractivity contribution in [1.29, 1.82) is 0 Å². The van der Waals surface area contributed by atoms with Gasteiger partial charge in [0, 0.05) is 19.3 Å². The molecule has 0 aromatic rings. The molecule has 6 heteroatoms. The van der Waals surface area contributed by atoms with Crippen molar-refractivity contribution in [2.75, 3.05) is 13.2 Å². The van der Waals surface area contributed by atoms with Gasteiger partial charge in [-0.05, 0) is 135 Å². The van der Waals surface area contributed by atoms with Crippen molar-refractivity contribution in [1.82, 2.24) is 0 Å². The van der Waals surface area contributed by atoms with Gasteiger partial charge in [-0.15, -0.1) is 0 Å². The van der Waals surface area contributed by atoms with E-state index in [2.05, 4.69) is 142 Å². The third-order valence-corrected chi connectivity index (χ3v) is 13.9. The second-order valence-corrected chi connectivity index (χ2v) is 21.6. The van der Waals surface area contributed by atoms with Crippen molar-refractivity contribution in [3.8, 4) is 0 Å². The Bertz CT molecular complexity index is 1640. The van der Waals surface area contributed by atoms with Crippen LogP contribution in [0.1, 0.15) is 303 Å². The fraction of sp³-hybridized carbons (Fsp3) is 0.685. The summed E-state index contributed by atoms with van der Waals surface area (Å²) in [5.41, 5.74) is 0. The van der Waals surface area contributed by atoms with Gasteiger partial charge in [-0.2, -0.15) is 0 Å². The molecule has 0 aliphatic heterocycles. The van der Waals surface area contributed by atoms with Gasteiger partial charge in [0.15, 0.2) is 6.10 Å². The average molecular weight is 1100 g/mol. The van der Waals surface area contributed by atoms with Crippen LogP contribution in [0.5, 0.6) is 0 Å². The van der Waals surface area contributed by atoms with Crippen molar-refractivity contribution in [2.45, 2.75) is 309 Å². The largest absolute Gasteiger partial charge is 0.462 e. The lowest BCUT2D eigenvalue weighted by Crippen LogP contribution is -2.30. The molecule has 0 radical (unpaired) electrons. The molecule has 0 heterocycles. The van der Waals surface area contributed by atoms with Gasteiger partial charge in [0.25, 0.3) is 0 Å². The molecule has 0 bridgehead atoms. The molecule has 0 aliphatic rings. The Kier molecular flexibility index (Phi) is 62.8. The number of esters is 3. The number of unbranched alkanes of at least 4 members (excludes halogenated alkanes) is 28. The quantitative estimate of drug-likeness (QED) is 0.0261. The van der Waals surface area contributed by atoms with Crippen LogP contribution in [0.4, 0.5) is 0 Å². The maximum Gasteiger partial charge on any atom is 0.306 e. The average Bonchev–Trinajstić information content (AvgIpc) is 3.45. The van der Waals surface area contributed by atoms with E-state index in [1.807, 2.05) is 0 Å². The van der Waals surface area contributed by atoms with E-state index in [4.69, 9.17) is 14.2 Å². The summed E-state index contributed by atoms with van der Waals surface area (Å²) in [5.74, 6) is -0.917. The summed E-state index contributed by atoms with van der Waals surface area (Å²) in [7, 11) is 0. The van der Waals surface area contributed by atoms with Gasteiger partial charge in [-0.25, -0.2) is 0 Å². The maximum absolute atomic E-state index is 12.9. The lowest BCUT2D eigenvalue weighted by Gasteiger charge is -2.18. The third-order valence-electron chi connectivity index (χ3n) is 13.9. The molecule has 0 rings (SSSR count). The van der Waals surface area contributed by atoms with Gasteiger partial charge in [-0.1, -0.05) is 271 Å². The van der Waals surface area contributed by atoms with Crippen LogP contribution in [-0.4, -0.2) is 37.2 Å². The fourth-order valence-corrected chi connectivity index (χ4v) is 8.98. The first kappa shape index (κ1) is 74.8. The van der Waals surface area contributed by atoms with Crippen LogP contribution >= 0.6 is 0 Å². The van der Waals surface area contributed by atoms with Gasteiger partial charge in [0.05, 0.1) is 0 Å². The first-order valence-electron chi connectivity index (χ1n) is 33.0. The van der Waals surface area contributed by atoms with Crippen LogP contribution in [0.3, 0.4) is 0 Å². The van der Waals surface area contributed by atoms with Gasteiger partial charge < -0.3 is 14.2 Å². The van der Waals surface area contributed by atoms with Crippen LogP contribution in [0.2, 0.25) is 0 Å². The second kappa shape index (κ2) is 66.3. The van der Waals surface area contributed by atoms with Gasteiger partial charge in [0.1, 0.15) is 13.2 Å². The minimum Gasteiger partial charge on any atom is -0.462 e. The molecular formula is C73H122O6. The van der Waals surface area contributed by atoms with Gasteiger partial charge >= 0.3 is 17.9 Å². The first-order valence-corrected chi connectivity index (χ1v) is 33.0. The first-order chi connectivity index (χ1) is 39.0. The molecule has 79 heavy (non-hydrogen) atoms. The number of hydrogen-bond donors (Lipinski definition) is 0. The molecule has 0 amide bonds. The molecule has 0 fully saturated rings. The Morgan fingerprint density at radius 1 is 0.266 bits per heavy atom. The van der Waals surface area contributed by atoms with E-state index in [0.717, 1.165) is 148 Å². The summed E-state index contributed by atoms with van der Waals surface area (Å²) in [5, 5.41) is 0. The highest BCUT2D eigenvalue weighted by Crippen LogP contribution is 2.15. The van der Waals surface area contributed by atoms with Crippen LogP contribution in [0.15, 0.2) is 122 Å². The van der Waals surface area contributed by atoms with Crippen LogP contribution in [0, 0.1) is 0 Å². The maximum atomic E-state index is 12.9. The molecular weight excluding hydrogens is 973 g/mol. The molecule has 0 aliphatic carbocycles. The highest BCUT2D eigenvalue weighted by Gasteiger charge is 2.19. The van der Waals surface area contributed by atoms with Crippen LogP contribution < -0.4 is 0 Å². The lowest BCUT2D eigenvalue weighted by atomic mass is 10.1. The van der Waals surface area contributed by atoms with Crippen LogP contribution in [0.25, 0.3) is 0 Å². The van der Waals surface area contributed by atoms with E-state index in [-0.39, 0.29) is 31.1 Å². The molecule has 1 unspecified atom stereocenters. The van der Waals surface area contributed by atoms with Crippen molar-refractivity contribution < 1.29 is 28.6 Å². The molecule has 0 saturated heterocycles. The zero-order valence-corrected chi connectivity index (χ0v) is 51.6. The summed E-state index contributed by atoms with van der Waals surface area (Å²) < 4.78 is 16.9. The van der Waals surface area contributed by atoms with E-state index in [1.165, 1.54) is 116 Å². The van der Waals surface area contributed by atoms with Gasteiger partial charge in [-0.3, -0.25) is 14.4 Å². The van der Waals surface area contributed by atoms with E-state index >= 15 is 0 Å². The highest BCUT2D eigenvalue weighted by atomic mass is 16.6. The zero-order chi connectivity index (χ0) is 57.1. The SMILES string of the molecule is CC/C=C\C/C=C\C/C=C\C/C=C\C/C=C\C/C=C\CCCCCCCCCCCCC(=O)OCC(COC(=O)CCCCCCC/C=C\C/C=C\CCCCCC)OC(=O)CCCCCCC/C=C\C/C=C\CCCCCC. The number of carbonyl (C=O) groups is 3.